The predicted octanol–water partition coefficient (Wildman–Crippen LogP) is 4.41. The number of amides is 1. The highest BCUT2D eigenvalue weighted by atomic mass is 16.6. The van der Waals surface area contributed by atoms with Crippen molar-refractivity contribution in [3.63, 3.8) is 0 Å². The number of piperidine rings is 1. The van der Waals surface area contributed by atoms with Gasteiger partial charge in [0.1, 0.15) is 5.60 Å². The third-order valence-electron chi connectivity index (χ3n) is 4.34. The normalized spacial score (nSPS) is 22.7. The molecule has 1 unspecified atom stereocenters. The van der Waals surface area contributed by atoms with Crippen LogP contribution in [0.5, 0.6) is 0 Å². The van der Waals surface area contributed by atoms with E-state index in [4.69, 9.17) is 4.74 Å². The van der Waals surface area contributed by atoms with Gasteiger partial charge in [-0.2, -0.15) is 0 Å². The average molecular weight is 318 g/mol. The van der Waals surface area contributed by atoms with Gasteiger partial charge in [-0.15, -0.1) is 0 Å². The molecule has 2 aliphatic rings. The van der Waals surface area contributed by atoms with Crippen LogP contribution in [0.2, 0.25) is 0 Å². The molecular weight excluding hydrogens is 288 g/mol. The van der Waals surface area contributed by atoms with E-state index in [1.54, 1.807) is 0 Å². The standard InChI is InChI=1S/C17H24N2O2.C2H6/c1-16(2,3)21-15(20)19-10-6-9-17(12-19)11-18-14-8-5-4-7-13(14)17;1-2/h4-5,7-8,18H,6,9-12H2,1-3H3;1-2H3. The summed E-state index contributed by atoms with van der Waals surface area (Å²) in [5.41, 5.74) is 2.17. The fourth-order valence-electron chi connectivity index (χ4n) is 3.44. The number of nitrogens with zero attached hydrogens (tertiary/aromatic N) is 1. The van der Waals surface area contributed by atoms with Crippen molar-refractivity contribution in [2.45, 2.75) is 58.5 Å². The van der Waals surface area contributed by atoms with E-state index in [1.807, 2.05) is 39.5 Å². The Hall–Kier alpha value is -1.71. The molecule has 0 bridgehead atoms. The van der Waals surface area contributed by atoms with Crippen molar-refractivity contribution in [1.29, 1.82) is 0 Å². The van der Waals surface area contributed by atoms with Crippen LogP contribution >= 0.6 is 0 Å². The number of fused-ring (bicyclic) bond motifs is 2. The van der Waals surface area contributed by atoms with E-state index in [-0.39, 0.29) is 11.5 Å². The van der Waals surface area contributed by atoms with Crippen molar-refractivity contribution in [1.82, 2.24) is 4.90 Å². The highest BCUT2D eigenvalue weighted by molar-refractivity contribution is 5.69. The van der Waals surface area contributed by atoms with E-state index >= 15 is 0 Å². The lowest BCUT2D eigenvalue weighted by molar-refractivity contribution is 0.0147. The lowest BCUT2D eigenvalue weighted by Gasteiger charge is -2.40. The van der Waals surface area contributed by atoms with Gasteiger partial charge in [0.2, 0.25) is 0 Å². The summed E-state index contributed by atoms with van der Waals surface area (Å²) in [5, 5.41) is 3.49. The Kier molecular flexibility index (Phi) is 5.23. The Labute approximate surface area is 140 Å². The zero-order valence-electron chi connectivity index (χ0n) is 15.1. The fourth-order valence-corrected chi connectivity index (χ4v) is 3.44. The van der Waals surface area contributed by atoms with Gasteiger partial charge in [0.25, 0.3) is 0 Å². The molecule has 0 aliphatic carbocycles. The molecule has 2 aliphatic heterocycles. The van der Waals surface area contributed by atoms with Gasteiger partial charge in [0.15, 0.2) is 0 Å². The van der Waals surface area contributed by atoms with Crippen LogP contribution in [-0.4, -0.2) is 36.2 Å². The smallest absolute Gasteiger partial charge is 0.410 e. The molecule has 0 aromatic heterocycles. The maximum atomic E-state index is 12.3. The van der Waals surface area contributed by atoms with E-state index in [0.717, 1.165) is 32.5 Å². The van der Waals surface area contributed by atoms with Crippen LogP contribution < -0.4 is 5.32 Å². The molecule has 1 aromatic rings. The summed E-state index contributed by atoms with van der Waals surface area (Å²) in [6, 6.07) is 8.45. The third-order valence-corrected chi connectivity index (χ3v) is 4.34. The Morgan fingerprint density at radius 2 is 1.96 bits per heavy atom. The van der Waals surface area contributed by atoms with E-state index in [2.05, 4.69) is 29.6 Å². The Morgan fingerprint density at radius 1 is 1.26 bits per heavy atom. The number of para-hydroxylation sites is 1. The molecule has 0 radical (unpaired) electrons. The van der Waals surface area contributed by atoms with Crippen LogP contribution in [0.4, 0.5) is 10.5 Å². The minimum Gasteiger partial charge on any atom is -0.444 e. The largest absolute Gasteiger partial charge is 0.444 e. The average Bonchev–Trinajstić information content (AvgIpc) is 2.87. The second-order valence-electron chi connectivity index (χ2n) is 7.18. The summed E-state index contributed by atoms with van der Waals surface area (Å²) < 4.78 is 5.53. The zero-order chi connectivity index (χ0) is 17.1. The summed E-state index contributed by atoms with van der Waals surface area (Å²) in [5.74, 6) is 0. The van der Waals surface area contributed by atoms with Crippen LogP contribution in [0.25, 0.3) is 0 Å². The molecule has 1 amide bonds. The second kappa shape index (κ2) is 6.81. The molecule has 4 heteroatoms. The number of rotatable bonds is 0. The first-order valence-corrected chi connectivity index (χ1v) is 8.71. The topological polar surface area (TPSA) is 41.6 Å². The molecule has 1 spiro atoms. The lowest BCUT2D eigenvalue weighted by atomic mass is 9.76. The summed E-state index contributed by atoms with van der Waals surface area (Å²) in [6.45, 7) is 12.2. The first kappa shape index (κ1) is 17.6. The van der Waals surface area contributed by atoms with Crippen molar-refractivity contribution in [3.8, 4) is 0 Å². The highest BCUT2D eigenvalue weighted by Gasteiger charge is 2.43. The molecule has 3 rings (SSSR count). The third kappa shape index (κ3) is 3.80. The number of carbonyl (C=O) groups is 1. The van der Waals surface area contributed by atoms with Gasteiger partial charge in [-0.05, 0) is 45.2 Å². The van der Waals surface area contributed by atoms with E-state index in [9.17, 15) is 4.79 Å². The predicted molar refractivity (Wildman–Crippen MR) is 95.0 cm³/mol. The molecule has 1 atom stereocenters. The maximum absolute atomic E-state index is 12.3. The van der Waals surface area contributed by atoms with E-state index < -0.39 is 5.60 Å². The molecule has 128 valence electrons. The summed E-state index contributed by atoms with van der Waals surface area (Å²) >= 11 is 0. The van der Waals surface area contributed by atoms with Gasteiger partial charge in [-0.1, -0.05) is 32.0 Å². The first-order chi connectivity index (χ1) is 10.9. The van der Waals surface area contributed by atoms with Gasteiger partial charge in [0.05, 0.1) is 0 Å². The van der Waals surface area contributed by atoms with Crippen LogP contribution in [0.15, 0.2) is 24.3 Å². The summed E-state index contributed by atoms with van der Waals surface area (Å²) in [6.07, 6.45) is 1.96. The van der Waals surface area contributed by atoms with Gasteiger partial charge >= 0.3 is 6.09 Å². The highest BCUT2D eigenvalue weighted by Crippen LogP contribution is 2.42. The minimum absolute atomic E-state index is 0.0474. The molecule has 1 saturated heterocycles. The quantitative estimate of drug-likeness (QED) is 0.770. The van der Waals surface area contributed by atoms with Crippen LogP contribution in [-0.2, 0) is 10.2 Å². The Balaban J connectivity index is 0.000000924. The van der Waals surface area contributed by atoms with Gasteiger partial charge in [-0.25, -0.2) is 4.79 Å². The first-order valence-electron chi connectivity index (χ1n) is 8.71. The van der Waals surface area contributed by atoms with Crippen molar-refractivity contribution < 1.29 is 9.53 Å². The van der Waals surface area contributed by atoms with E-state index in [0.29, 0.717) is 0 Å². The van der Waals surface area contributed by atoms with Crippen molar-refractivity contribution >= 4 is 11.8 Å². The lowest BCUT2D eigenvalue weighted by Crippen LogP contribution is -2.50. The number of carbonyl (C=O) groups excluding carboxylic acids is 1. The molecule has 23 heavy (non-hydrogen) atoms. The number of ether oxygens (including phenoxy) is 1. The van der Waals surface area contributed by atoms with Crippen molar-refractivity contribution in [2.24, 2.45) is 0 Å². The molecule has 2 heterocycles. The maximum Gasteiger partial charge on any atom is 0.410 e. The number of nitrogens with one attached hydrogen (secondary N) is 1. The number of benzene rings is 1. The Bertz CT molecular complexity index is 547. The SMILES string of the molecule is CC.CC(C)(C)OC(=O)N1CCCC2(CNc3ccccc32)C1. The molecule has 1 N–H and O–H groups in total. The monoisotopic (exact) mass is 318 g/mol. The Morgan fingerprint density at radius 3 is 2.65 bits per heavy atom. The second-order valence-corrected chi connectivity index (χ2v) is 7.18. The van der Waals surface area contributed by atoms with Gasteiger partial charge in [0, 0.05) is 30.7 Å². The van der Waals surface area contributed by atoms with Gasteiger partial charge in [-0.3, -0.25) is 0 Å². The van der Waals surface area contributed by atoms with Crippen molar-refractivity contribution in [2.75, 3.05) is 25.0 Å². The van der Waals surface area contributed by atoms with Crippen LogP contribution in [0.1, 0.15) is 53.0 Å². The number of hydrogen-bond acceptors (Lipinski definition) is 3. The number of anilines is 1. The van der Waals surface area contributed by atoms with E-state index in [1.165, 1.54) is 11.3 Å². The number of hydrogen-bond donors (Lipinski definition) is 1. The molecule has 4 nitrogen and oxygen atoms in total. The molecular formula is C19H30N2O2. The van der Waals surface area contributed by atoms with Crippen molar-refractivity contribution in [3.05, 3.63) is 29.8 Å². The summed E-state index contributed by atoms with van der Waals surface area (Å²) in [7, 11) is 0. The van der Waals surface area contributed by atoms with Gasteiger partial charge < -0.3 is 15.0 Å². The fraction of sp³-hybridized carbons (Fsp3) is 0.632. The van der Waals surface area contributed by atoms with Crippen LogP contribution in [0, 0.1) is 0 Å². The molecule has 1 aromatic carbocycles. The molecule has 1 fully saturated rings. The minimum atomic E-state index is -0.437. The van der Waals surface area contributed by atoms with Crippen LogP contribution in [0.3, 0.4) is 0 Å². The number of likely N-dealkylation sites (tertiary alicyclic amines) is 1. The zero-order valence-corrected chi connectivity index (χ0v) is 15.1. The summed E-state index contributed by atoms with van der Waals surface area (Å²) in [4.78, 5) is 14.2. The molecule has 0 saturated carbocycles.